The van der Waals surface area contributed by atoms with Gasteiger partial charge in [-0.2, -0.15) is 5.10 Å². The number of fused-ring (bicyclic) bond motifs is 1. The SMILES string of the molecule is CC.CCc1nn2ccc(F)cc2c1C. The van der Waals surface area contributed by atoms with E-state index in [-0.39, 0.29) is 5.82 Å². The summed E-state index contributed by atoms with van der Waals surface area (Å²) >= 11 is 0. The number of nitrogens with zero attached hydrogens (tertiary/aromatic N) is 2. The minimum absolute atomic E-state index is 0.210. The molecule has 0 bridgehead atoms. The van der Waals surface area contributed by atoms with E-state index in [1.54, 1.807) is 10.7 Å². The van der Waals surface area contributed by atoms with Gasteiger partial charge < -0.3 is 0 Å². The quantitative estimate of drug-likeness (QED) is 0.702. The van der Waals surface area contributed by atoms with Crippen molar-refractivity contribution in [3.8, 4) is 0 Å². The van der Waals surface area contributed by atoms with E-state index in [9.17, 15) is 4.39 Å². The molecule has 0 unspecified atom stereocenters. The number of aromatic nitrogens is 2. The van der Waals surface area contributed by atoms with Crippen molar-refractivity contribution in [1.29, 1.82) is 0 Å². The molecule has 0 amide bonds. The van der Waals surface area contributed by atoms with Gasteiger partial charge in [-0.3, -0.25) is 0 Å². The van der Waals surface area contributed by atoms with Gasteiger partial charge in [0.05, 0.1) is 11.2 Å². The standard InChI is InChI=1S/C10H11FN2.C2H6/c1-3-9-7(2)10-6-8(11)4-5-13(10)12-9;1-2/h4-6H,3H2,1-2H3;1-2H3. The molecule has 0 fully saturated rings. The summed E-state index contributed by atoms with van der Waals surface area (Å²) in [5.74, 6) is -0.210. The Labute approximate surface area is 89.7 Å². The second-order valence-corrected chi connectivity index (χ2v) is 3.10. The van der Waals surface area contributed by atoms with Crippen LogP contribution in [0.2, 0.25) is 0 Å². The number of rotatable bonds is 1. The Morgan fingerprint density at radius 2 is 2.07 bits per heavy atom. The third kappa shape index (κ3) is 2.17. The highest BCUT2D eigenvalue weighted by Gasteiger charge is 2.06. The van der Waals surface area contributed by atoms with Crippen LogP contribution in [0, 0.1) is 12.7 Å². The number of pyridine rings is 1. The zero-order chi connectivity index (χ0) is 11.4. The predicted octanol–water partition coefficient (Wildman–Crippen LogP) is 3.37. The first kappa shape index (κ1) is 11.7. The van der Waals surface area contributed by atoms with E-state index in [1.807, 2.05) is 27.7 Å². The molecule has 2 nitrogen and oxygen atoms in total. The van der Waals surface area contributed by atoms with Crippen LogP contribution < -0.4 is 0 Å². The van der Waals surface area contributed by atoms with Gasteiger partial charge in [0.1, 0.15) is 5.82 Å². The average Bonchev–Trinajstić information content (AvgIpc) is 2.59. The highest BCUT2D eigenvalue weighted by atomic mass is 19.1. The molecule has 0 spiro atoms. The Morgan fingerprint density at radius 3 is 2.67 bits per heavy atom. The summed E-state index contributed by atoms with van der Waals surface area (Å²) in [6.45, 7) is 8.02. The molecular weight excluding hydrogens is 191 g/mol. The molecule has 2 aromatic heterocycles. The van der Waals surface area contributed by atoms with Gasteiger partial charge in [0.15, 0.2) is 0 Å². The van der Waals surface area contributed by atoms with Gasteiger partial charge in [0.2, 0.25) is 0 Å². The normalized spacial score (nSPS) is 9.93. The van der Waals surface area contributed by atoms with E-state index in [0.29, 0.717) is 0 Å². The van der Waals surface area contributed by atoms with Gasteiger partial charge in [-0.1, -0.05) is 20.8 Å². The summed E-state index contributed by atoms with van der Waals surface area (Å²) in [5.41, 5.74) is 2.96. The molecule has 0 saturated carbocycles. The monoisotopic (exact) mass is 208 g/mol. The van der Waals surface area contributed by atoms with Crippen molar-refractivity contribution >= 4 is 5.52 Å². The first-order valence-corrected chi connectivity index (χ1v) is 5.35. The maximum Gasteiger partial charge on any atom is 0.126 e. The summed E-state index contributed by atoms with van der Waals surface area (Å²) in [6.07, 6.45) is 2.53. The molecule has 0 radical (unpaired) electrons. The molecule has 0 saturated heterocycles. The minimum atomic E-state index is -0.210. The van der Waals surface area contributed by atoms with Crippen LogP contribution in [0.1, 0.15) is 32.0 Å². The minimum Gasteiger partial charge on any atom is -0.240 e. The summed E-state index contributed by atoms with van der Waals surface area (Å²) in [6, 6.07) is 2.93. The van der Waals surface area contributed by atoms with Crippen molar-refractivity contribution in [2.24, 2.45) is 0 Å². The number of hydrogen-bond donors (Lipinski definition) is 0. The van der Waals surface area contributed by atoms with Crippen molar-refractivity contribution in [2.45, 2.75) is 34.1 Å². The van der Waals surface area contributed by atoms with Gasteiger partial charge in [0, 0.05) is 6.20 Å². The van der Waals surface area contributed by atoms with Gasteiger partial charge in [-0.15, -0.1) is 0 Å². The molecule has 3 heteroatoms. The maximum absolute atomic E-state index is 12.9. The second-order valence-electron chi connectivity index (χ2n) is 3.10. The van der Waals surface area contributed by atoms with Crippen molar-refractivity contribution in [2.75, 3.05) is 0 Å². The predicted molar refractivity (Wildman–Crippen MR) is 60.6 cm³/mol. The molecule has 2 heterocycles. The van der Waals surface area contributed by atoms with E-state index in [4.69, 9.17) is 0 Å². The number of aryl methyl sites for hydroxylation is 2. The lowest BCUT2D eigenvalue weighted by Crippen LogP contribution is -1.87. The smallest absolute Gasteiger partial charge is 0.126 e. The van der Waals surface area contributed by atoms with E-state index in [1.165, 1.54) is 12.1 Å². The lowest BCUT2D eigenvalue weighted by molar-refractivity contribution is 0.625. The molecule has 2 rings (SSSR count). The average molecular weight is 208 g/mol. The van der Waals surface area contributed by atoms with E-state index < -0.39 is 0 Å². The molecule has 0 atom stereocenters. The second kappa shape index (κ2) is 4.91. The van der Waals surface area contributed by atoms with Crippen LogP contribution in [0.15, 0.2) is 18.3 Å². The van der Waals surface area contributed by atoms with Crippen LogP contribution in [-0.4, -0.2) is 9.61 Å². The molecule has 0 aliphatic rings. The van der Waals surface area contributed by atoms with Crippen molar-refractivity contribution in [1.82, 2.24) is 9.61 Å². The molecule has 82 valence electrons. The third-order valence-corrected chi connectivity index (χ3v) is 2.28. The molecule has 0 aliphatic carbocycles. The molecule has 0 N–H and O–H groups in total. The Bertz CT molecular complexity index is 446. The van der Waals surface area contributed by atoms with Crippen molar-refractivity contribution in [3.63, 3.8) is 0 Å². The molecule has 0 aliphatic heterocycles. The van der Waals surface area contributed by atoms with Crippen LogP contribution in [-0.2, 0) is 6.42 Å². The van der Waals surface area contributed by atoms with Crippen LogP contribution in [0.25, 0.3) is 5.52 Å². The molecule has 0 aromatic carbocycles. The fourth-order valence-corrected chi connectivity index (χ4v) is 1.52. The van der Waals surface area contributed by atoms with Gasteiger partial charge in [-0.25, -0.2) is 8.91 Å². The van der Waals surface area contributed by atoms with Gasteiger partial charge in [0.25, 0.3) is 0 Å². The van der Waals surface area contributed by atoms with Gasteiger partial charge in [-0.05, 0) is 31.0 Å². The van der Waals surface area contributed by atoms with Crippen molar-refractivity contribution < 1.29 is 4.39 Å². The van der Waals surface area contributed by atoms with Crippen molar-refractivity contribution in [3.05, 3.63) is 35.4 Å². The highest BCUT2D eigenvalue weighted by molar-refractivity contribution is 5.55. The molecule has 2 aromatic rings. The first-order chi connectivity index (χ1) is 7.22. The Hall–Kier alpha value is -1.38. The molecular formula is C12H17FN2. The highest BCUT2D eigenvalue weighted by Crippen LogP contribution is 2.15. The van der Waals surface area contributed by atoms with Crippen LogP contribution in [0.5, 0.6) is 0 Å². The zero-order valence-electron chi connectivity index (χ0n) is 9.71. The first-order valence-electron chi connectivity index (χ1n) is 5.35. The summed E-state index contributed by atoms with van der Waals surface area (Å²) < 4.78 is 14.6. The zero-order valence-corrected chi connectivity index (χ0v) is 9.71. The summed E-state index contributed by atoms with van der Waals surface area (Å²) in [4.78, 5) is 0. The fraction of sp³-hybridized carbons (Fsp3) is 0.417. The third-order valence-electron chi connectivity index (χ3n) is 2.28. The lowest BCUT2D eigenvalue weighted by Gasteiger charge is -1.92. The van der Waals surface area contributed by atoms with E-state index in [2.05, 4.69) is 5.10 Å². The summed E-state index contributed by atoms with van der Waals surface area (Å²) in [7, 11) is 0. The van der Waals surface area contributed by atoms with Crippen LogP contribution in [0.4, 0.5) is 4.39 Å². The van der Waals surface area contributed by atoms with E-state index in [0.717, 1.165) is 23.2 Å². The number of halogens is 1. The Morgan fingerprint density at radius 1 is 1.40 bits per heavy atom. The lowest BCUT2D eigenvalue weighted by atomic mass is 10.2. The topological polar surface area (TPSA) is 17.3 Å². The molecule has 15 heavy (non-hydrogen) atoms. The maximum atomic E-state index is 12.9. The van der Waals surface area contributed by atoms with Crippen LogP contribution in [0.3, 0.4) is 0 Å². The number of hydrogen-bond acceptors (Lipinski definition) is 1. The van der Waals surface area contributed by atoms with Crippen LogP contribution >= 0.6 is 0 Å². The summed E-state index contributed by atoms with van der Waals surface area (Å²) in [5, 5.41) is 4.32. The van der Waals surface area contributed by atoms with Gasteiger partial charge >= 0.3 is 0 Å². The Balaban J connectivity index is 0.000000531. The fourth-order valence-electron chi connectivity index (χ4n) is 1.52. The largest absolute Gasteiger partial charge is 0.240 e. The Kier molecular flexibility index (Phi) is 3.83. The van der Waals surface area contributed by atoms with E-state index >= 15 is 0 Å².